The predicted octanol–water partition coefficient (Wildman–Crippen LogP) is 8.91. The van der Waals surface area contributed by atoms with Crippen LogP contribution in [0.25, 0.3) is 21.9 Å². The minimum Gasteiger partial charge on any atom is -0.494 e. The lowest BCUT2D eigenvalue weighted by Gasteiger charge is -2.21. The van der Waals surface area contributed by atoms with Crippen molar-refractivity contribution in [1.82, 2.24) is 0 Å². The summed E-state index contributed by atoms with van der Waals surface area (Å²) >= 11 is -2.06. The predicted molar refractivity (Wildman–Crippen MR) is 175 cm³/mol. The van der Waals surface area contributed by atoms with E-state index in [1.807, 2.05) is 42.8 Å². The Morgan fingerprint density at radius 1 is 0.881 bits per heavy atom. The van der Waals surface area contributed by atoms with Gasteiger partial charge in [-0.2, -0.15) is 0 Å². The maximum atomic E-state index is 12.0. The number of ether oxygens (including phenoxy) is 1. The van der Waals surface area contributed by atoms with Gasteiger partial charge in [0.1, 0.15) is 5.75 Å². The lowest BCUT2D eigenvalue weighted by atomic mass is 9.86. The van der Waals surface area contributed by atoms with Gasteiger partial charge in [0.25, 0.3) is 0 Å². The van der Waals surface area contributed by atoms with Gasteiger partial charge in [0.05, 0.1) is 17.2 Å². The van der Waals surface area contributed by atoms with Crippen LogP contribution in [0.5, 0.6) is 5.75 Å². The first-order valence-corrected chi connectivity index (χ1v) is 16.6. The van der Waals surface area contributed by atoms with E-state index in [9.17, 15) is 8.76 Å². The van der Waals surface area contributed by atoms with E-state index >= 15 is 0 Å². The molecule has 2 bridgehead atoms. The van der Waals surface area contributed by atoms with Crippen molar-refractivity contribution < 1.29 is 13.5 Å². The van der Waals surface area contributed by atoms with Crippen molar-refractivity contribution in [3.63, 3.8) is 0 Å². The molecule has 1 aliphatic carbocycles. The number of hydrogen-bond acceptors (Lipinski definition) is 4. The Labute approximate surface area is 251 Å². The van der Waals surface area contributed by atoms with Gasteiger partial charge in [0.2, 0.25) is 0 Å². The number of nitrogens with zero attached hydrogens (tertiary/aromatic N) is 2. The molecule has 2 unspecified atom stereocenters. The van der Waals surface area contributed by atoms with Gasteiger partial charge in [0.15, 0.2) is 11.1 Å². The van der Waals surface area contributed by atoms with Crippen LogP contribution in [0.3, 0.4) is 0 Å². The van der Waals surface area contributed by atoms with Crippen LogP contribution in [-0.4, -0.2) is 34.3 Å². The molecule has 3 aliphatic rings. The molecule has 1 fully saturated rings. The molecule has 0 saturated heterocycles. The van der Waals surface area contributed by atoms with Gasteiger partial charge in [-0.1, -0.05) is 87.1 Å². The molecule has 2 atom stereocenters. The third kappa shape index (κ3) is 6.82. The molecule has 0 spiro atoms. The quantitative estimate of drug-likeness (QED) is 0.203. The summed E-state index contributed by atoms with van der Waals surface area (Å²) in [6.45, 7) is 1.52. The van der Waals surface area contributed by atoms with Crippen molar-refractivity contribution in [1.29, 1.82) is 0 Å². The zero-order valence-electron chi connectivity index (χ0n) is 24.2. The van der Waals surface area contributed by atoms with Crippen LogP contribution in [-0.2, 0) is 11.1 Å². The third-order valence-corrected chi connectivity index (χ3v) is 9.67. The van der Waals surface area contributed by atoms with Gasteiger partial charge in [-0.3, -0.25) is 9.98 Å². The average Bonchev–Trinajstić information content (AvgIpc) is 3.25. The number of benzene rings is 3. The Kier molecular flexibility index (Phi) is 9.41. The van der Waals surface area contributed by atoms with E-state index in [4.69, 9.17) is 14.7 Å². The third-order valence-electron chi connectivity index (χ3n) is 8.94. The number of aliphatic imine (C=N–C) groups is 2. The topological polar surface area (TPSA) is 71.2 Å². The summed E-state index contributed by atoms with van der Waals surface area (Å²) in [6, 6.07) is 19.9. The van der Waals surface area contributed by atoms with Gasteiger partial charge in [-0.15, -0.1) is 0 Å². The molecular formula is C36H40N2O3S. The molecular weight excluding hydrogens is 540 g/mol. The summed E-state index contributed by atoms with van der Waals surface area (Å²) in [5.74, 6) is 2.19. The average molecular weight is 581 g/mol. The summed E-state index contributed by atoms with van der Waals surface area (Å²) in [5, 5.41) is 1.71. The van der Waals surface area contributed by atoms with Gasteiger partial charge < -0.3 is 9.29 Å². The van der Waals surface area contributed by atoms with Crippen molar-refractivity contribution in [2.45, 2.75) is 69.1 Å². The molecule has 1 N–H and O–H groups in total. The van der Waals surface area contributed by atoms with E-state index in [1.165, 1.54) is 44.9 Å². The Morgan fingerprint density at radius 2 is 1.69 bits per heavy atom. The number of unbranched alkanes of at least 4 members (excludes halogenated alkanes) is 1. The standard InChI is InChI=1S/C36H40N2O3S/c39-42(40)36-18-17-32(31-11-4-5-12-33(31)36)34-25-37-20-19-27-22-29(24-38-35(34)23-27)28-13-15-30(16-14-28)41-21-7-6-10-26-8-2-1-3-9-26/h4-5,11-18,22,24-27H,1-3,6-10,19-21,23H2,(H,39,40)/b35-34-,37-25?. The van der Waals surface area contributed by atoms with E-state index < -0.39 is 11.1 Å². The van der Waals surface area contributed by atoms with Crippen molar-refractivity contribution in [3.05, 3.63) is 83.6 Å². The molecule has 2 aliphatic heterocycles. The molecule has 2 heterocycles. The van der Waals surface area contributed by atoms with E-state index in [2.05, 4.69) is 30.3 Å². The van der Waals surface area contributed by atoms with Crippen LogP contribution >= 0.6 is 0 Å². The summed E-state index contributed by atoms with van der Waals surface area (Å²) in [5.41, 5.74) is 5.21. The number of rotatable bonds is 9. The Balaban J connectivity index is 1.18. The number of hydrogen-bond donors (Lipinski definition) is 1. The highest BCUT2D eigenvalue weighted by Gasteiger charge is 2.21. The second kappa shape index (κ2) is 13.7. The Morgan fingerprint density at radius 3 is 2.50 bits per heavy atom. The maximum Gasteiger partial charge on any atom is 0.187 e. The molecule has 5 nitrogen and oxygen atoms in total. The van der Waals surface area contributed by atoms with Crippen LogP contribution in [0.15, 0.2) is 87.3 Å². The van der Waals surface area contributed by atoms with Gasteiger partial charge in [0, 0.05) is 29.9 Å². The molecule has 3 aromatic carbocycles. The molecule has 1 saturated carbocycles. The van der Waals surface area contributed by atoms with Crippen LogP contribution in [0.1, 0.15) is 75.3 Å². The lowest BCUT2D eigenvalue weighted by molar-refractivity contribution is 0.283. The van der Waals surface area contributed by atoms with Crippen molar-refractivity contribution in [3.8, 4) is 5.75 Å². The molecule has 6 heteroatoms. The fourth-order valence-electron chi connectivity index (χ4n) is 6.64. The van der Waals surface area contributed by atoms with Crippen molar-refractivity contribution in [2.24, 2.45) is 21.8 Å². The maximum absolute atomic E-state index is 12.0. The highest BCUT2D eigenvalue weighted by molar-refractivity contribution is 7.79. The molecule has 0 aromatic heterocycles. The SMILES string of the molecule is O=S(O)c1ccc(/C2=C3/CC(C=C(c4ccc(OCCCCC5CCCCC5)cc4)C=N3)CCN=C2)c2ccccc12. The van der Waals surface area contributed by atoms with E-state index in [0.29, 0.717) is 10.8 Å². The molecule has 218 valence electrons. The molecule has 0 radical (unpaired) electrons. The van der Waals surface area contributed by atoms with Crippen LogP contribution in [0, 0.1) is 11.8 Å². The Hall–Kier alpha value is -3.35. The monoisotopic (exact) mass is 580 g/mol. The van der Waals surface area contributed by atoms with E-state index in [-0.39, 0.29) is 0 Å². The first kappa shape index (κ1) is 28.8. The molecule has 3 aromatic rings. The van der Waals surface area contributed by atoms with Gasteiger partial charge >= 0.3 is 0 Å². The minimum atomic E-state index is -2.06. The van der Waals surface area contributed by atoms with Crippen molar-refractivity contribution in [2.75, 3.05) is 13.2 Å². The fraction of sp³-hybridized carbons (Fsp3) is 0.389. The number of fused-ring (bicyclic) bond motifs is 3. The van der Waals surface area contributed by atoms with Gasteiger partial charge in [-0.05, 0) is 77.8 Å². The highest BCUT2D eigenvalue weighted by Crippen LogP contribution is 2.36. The highest BCUT2D eigenvalue weighted by atomic mass is 32.2. The molecule has 0 amide bonds. The first-order chi connectivity index (χ1) is 20.7. The summed E-state index contributed by atoms with van der Waals surface area (Å²) in [7, 11) is 0. The smallest absolute Gasteiger partial charge is 0.187 e. The van der Waals surface area contributed by atoms with Crippen LogP contribution < -0.4 is 4.74 Å². The van der Waals surface area contributed by atoms with Gasteiger partial charge in [-0.25, -0.2) is 4.21 Å². The largest absolute Gasteiger partial charge is 0.494 e. The fourth-order valence-corrected chi connectivity index (χ4v) is 7.19. The van der Waals surface area contributed by atoms with E-state index in [0.717, 1.165) is 82.8 Å². The summed E-state index contributed by atoms with van der Waals surface area (Å²) < 4.78 is 27.9. The zero-order chi connectivity index (χ0) is 28.7. The summed E-state index contributed by atoms with van der Waals surface area (Å²) in [6.07, 6.45) is 18.9. The first-order valence-electron chi connectivity index (χ1n) is 15.5. The zero-order valence-corrected chi connectivity index (χ0v) is 25.0. The van der Waals surface area contributed by atoms with Crippen LogP contribution in [0.4, 0.5) is 0 Å². The molecule has 6 rings (SSSR count). The molecule has 42 heavy (non-hydrogen) atoms. The summed E-state index contributed by atoms with van der Waals surface area (Å²) in [4.78, 5) is 10.2. The van der Waals surface area contributed by atoms with E-state index in [1.54, 1.807) is 6.07 Å². The Bertz CT molecular complexity index is 1550. The second-order valence-corrected chi connectivity index (χ2v) is 12.7. The second-order valence-electron chi connectivity index (χ2n) is 11.8. The normalized spacial score (nSPS) is 21.8. The number of allylic oxidation sites excluding steroid dienone is 4. The van der Waals surface area contributed by atoms with Crippen molar-refractivity contribution >= 4 is 45.4 Å². The lowest BCUT2D eigenvalue weighted by Crippen LogP contribution is -2.07. The minimum absolute atomic E-state index is 0.320. The van der Waals surface area contributed by atoms with Crippen LogP contribution in [0.2, 0.25) is 0 Å².